The first-order valence-electron chi connectivity index (χ1n) is 4.78. The van der Waals surface area contributed by atoms with Gasteiger partial charge in [0, 0.05) is 5.92 Å². The van der Waals surface area contributed by atoms with E-state index in [4.69, 9.17) is 11.6 Å². The first-order chi connectivity index (χ1) is 7.09. The van der Waals surface area contributed by atoms with Crippen molar-refractivity contribution < 1.29 is 4.79 Å². The molecular formula is C11H11ClN2O. The molecule has 0 bridgehead atoms. The molecule has 0 spiro atoms. The summed E-state index contributed by atoms with van der Waals surface area (Å²) in [7, 11) is 0. The standard InChI is InChI=1S/C11H11ClN2O/c1-6(2)10(15)11-13-8-5-3-4-7(12)9(8)14-11/h3-6H,1-2H3,(H,13,14). The lowest BCUT2D eigenvalue weighted by Gasteiger charge is -1.97. The Kier molecular flexibility index (Phi) is 2.49. The summed E-state index contributed by atoms with van der Waals surface area (Å²) < 4.78 is 0. The SMILES string of the molecule is CC(C)C(=O)c1nc2cccc(Cl)c2[nH]1. The van der Waals surface area contributed by atoms with Crippen LogP contribution in [-0.4, -0.2) is 15.8 Å². The van der Waals surface area contributed by atoms with E-state index in [1.165, 1.54) is 0 Å². The third-order valence-electron chi connectivity index (χ3n) is 2.23. The number of hydrogen-bond acceptors (Lipinski definition) is 2. The molecule has 0 aliphatic heterocycles. The van der Waals surface area contributed by atoms with E-state index < -0.39 is 0 Å². The Morgan fingerprint density at radius 2 is 2.20 bits per heavy atom. The maximum absolute atomic E-state index is 11.7. The van der Waals surface area contributed by atoms with Gasteiger partial charge < -0.3 is 4.98 Å². The van der Waals surface area contributed by atoms with Crippen LogP contribution in [0.3, 0.4) is 0 Å². The van der Waals surface area contributed by atoms with Gasteiger partial charge in [0.2, 0.25) is 5.78 Å². The van der Waals surface area contributed by atoms with Gasteiger partial charge in [-0.2, -0.15) is 0 Å². The zero-order valence-electron chi connectivity index (χ0n) is 8.54. The summed E-state index contributed by atoms with van der Waals surface area (Å²) in [5.41, 5.74) is 1.45. The number of benzene rings is 1. The van der Waals surface area contributed by atoms with Crippen molar-refractivity contribution in [2.45, 2.75) is 13.8 Å². The van der Waals surface area contributed by atoms with Crippen molar-refractivity contribution in [2.75, 3.05) is 0 Å². The fraction of sp³-hybridized carbons (Fsp3) is 0.273. The zero-order chi connectivity index (χ0) is 11.0. The summed E-state index contributed by atoms with van der Waals surface area (Å²) in [6, 6.07) is 5.41. The number of carbonyl (C=O) groups is 1. The minimum absolute atomic E-state index is 0.00210. The van der Waals surface area contributed by atoms with Crippen LogP contribution in [0.4, 0.5) is 0 Å². The number of halogens is 1. The molecule has 3 nitrogen and oxygen atoms in total. The number of ketones is 1. The number of H-pyrrole nitrogens is 1. The molecule has 0 saturated heterocycles. The van der Waals surface area contributed by atoms with E-state index in [9.17, 15) is 4.79 Å². The molecule has 15 heavy (non-hydrogen) atoms. The molecule has 1 N–H and O–H groups in total. The minimum Gasteiger partial charge on any atom is -0.334 e. The molecule has 1 aromatic heterocycles. The van der Waals surface area contributed by atoms with E-state index in [1.807, 2.05) is 26.0 Å². The molecule has 0 radical (unpaired) electrons. The molecule has 2 rings (SSSR count). The second-order valence-corrected chi connectivity index (χ2v) is 4.15. The van der Waals surface area contributed by atoms with Gasteiger partial charge in [-0.25, -0.2) is 4.98 Å². The highest BCUT2D eigenvalue weighted by molar-refractivity contribution is 6.35. The van der Waals surface area contributed by atoms with Crippen LogP contribution in [-0.2, 0) is 0 Å². The van der Waals surface area contributed by atoms with E-state index in [0.717, 1.165) is 11.0 Å². The van der Waals surface area contributed by atoms with Gasteiger partial charge in [0.25, 0.3) is 0 Å². The number of rotatable bonds is 2. The van der Waals surface area contributed by atoms with Gasteiger partial charge in [-0.3, -0.25) is 4.79 Å². The van der Waals surface area contributed by atoms with Crippen molar-refractivity contribution >= 4 is 28.4 Å². The first kappa shape index (κ1) is 10.2. The Balaban J connectivity index is 2.57. The Morgan fingerprint density at radius 1 is 1.47 bits per heavy atom. The van der Waals surface area contributed by atoms with Crippen molar-refractivity contribution in [1.29, 1.82) is 0 Å². The summed E-state index contributed by atoms with van der Waals surface area (Å²) in [6.45, 7) is 3.69. The van der Waals surface area contributed by atoms with Gasteiger partial charge >= 0.3 is 0 Å². The second kappa shape index (κ2) is 3.66. The Labute approximate surface area is 92.5 Å². The average Bonchev–Trinajstić information content (AvgIpc) is 2.61. The number of hydrogen-bond donors (Lipinski definition) is 1. The summed E-state index contributed by atoms with van der Waals surface area (Å²) in [5, 5.41) is 0.586. The van der Waals surface area contributed by atoms with Crippen LogP contribution in [0.25, 0.3) is 11.0 Å². The number of carbonyl (C=O) groups excluding carboxylic acids is 1. The zero-order valence-corrected chi connectivity index (χ0v) is 9.30. The fourth-order valence-corrected chi connectivity index (χ4v) is 1.60. The largest absolute Gasteiger partial charge is 0.334 e. The predicted octanol–water partition coefficient (Wildman–Crippen LogP) is 3.06. The number of nitrogens with zero attached hydrogens (tertiary/aromatic N) is 1. The van der Waals surface area contributed by atoms with Crippen molar-refractivity contribution in [3.05, 3.63) is 29.0 Å². The average molecular weight is 223 g/mol. The molecule has 0 amide bonds. The number of imidazole rings is 1. The van der Waals surface area contributed by atoms with Crippen LogP contribution in [0.2, 0.25) is 5.02 Å². The lowest BCUT2D eigenvalue weighted by atomic mass is 10.1. The number of para-hydroxylation sites is 1. The van der Waals surface area contributed by atoms with Gasteiger partial charge in [0.15, 0.2) is 5.82 Å². The van der Waals surface area contributed by atoms with Crippen LogP contribution < -0.4 is 0 Å². The van der Waals surface area contributed by atoms with E-state index in [2.05, 4.69) is 9.97 Å². The maximum atomic E-state index is 11.7. The molecule has 1 heterocycles. The number of Topliss-reactive ketones (excluding diaryl/α,β-unsaturated/α-hetero) is 1. The van der Waals surface area contributed by atoms with Crippen molar-refractivity contribution in [2.24, 2.45) is 5.92 Å². The normalized spacial score (nSPS) is 11.2. The quantitative estimate of drug-likeness (QED) is 0.794. The van der Waals surface area contributed by atoms with Gasteiger partial charge in [-0.15, -0.1) is 0 Å². The van der Waals surface area contributed by atoms with Crippen LogP contribution in [0.5, 0.6) is 0 Å². The summed E-state index contributed by atoms with van der Waals surface area (Å²) >= 11 is 5.97. The summed E-state index contributed by atoms with van der Waals surface area (Å²) in [4.78, 5) is 18.8. The molecule has 1 aromatic carbocycles. The van der Waals surface area contributed by atoms with Gasteiger partial charge in [-0.05, 0) is 12.1 Å². The lowest BCUT2D eigenvalue weighted by molar-refractivity contribution is 0.0930. The van der Waals surface area contributed by atoms with E-state index >= 15 is 0 Å². The molecule has 0 unspecified atom stereocenters. The van der Waals surface area contributed by atoms with Crippen LogP contribution in [0, 0.1) is 5.92 Å². The fourth-order valence-electron chi connectivity index (χ4n) is 1.39. The van der Waals surface area contributed by atoms with E-state index in [-0.39, 0.29) is 11.7 Å². The van der Waals surface area contributed by atoms with Crippen LogP contribution in [0.15, 0.2) is 18.2 Å². The third-order valence-corrected chi connectivity index (χ3v) is 2.54. The first-order valence-corrected chi connectivity index (χ1v) is 5.16. The Hall–Kier alpha value is -1.35. The highest BCUT2D eigenvalue weighted by Gasteiger charge is 2.15. The molecule has 78 valence electrons. The summed E-state index contributed by atoms with van der Waals surface area (Å²) in [5.74, 6) is 0.319. The van der Waals surface area contributed by atoms with E-state index in [0.29, 0.717) is 10.8 Å². The molecule has 0 saturated carbocycles. The lowest BCUT2D eigenvalue weighted by Crippen LogP contribution is -2.09. The van der Waals surface area contributed by atoms with Gasteiger partial charge in [0.05, 0.1) is 16.1 Å². The van der Waals surface area contributed by atoms with Gasteiger partial charge in [0.1, 0.15) is 0 Å². The number of aromatic nitrogens is 2. The highest BCUT2D eigenvalue weighted by Crippen LogP contribution is 2.21. The maximum Gasteiger partial charge on any atom is 0.200 e. The topological polar surface area (TPSA) is 45.8 Å². The summed E-state index contributed by atoms with van der Waals surface area (Å²) in [6.07, 6.45) is 0. The number of aromatic amines is 1. The third kappa shape index (κ3) is 1.75. The molecule has 0 aliphatic rings. The van der Waals surface area contributed by atoms with E-state index in [1.54, 1.807) is 6.07 Å². The van der Waals surface area contributed by atoms with Crippen LogP contribution >= 0.6 is 11.6 Å². The Morgan fingerprint density at radius 3 is 2.80 bits per heavy atom. The second-order valence-electron chi connectivity index (χ2n) is 3.74. The van der Waals surface area contributed by atoms with Crippen molar-refractivity contribution in [3.8, 4) is 0 Å². The minimum atomic E-state index is -0.0654. The van der Waals surface area contributed by atoms with Crippen molar-refractivity contribution in [1.82, 2.24) is 9.97 Å². The molecular weight excluding hydrogens is 212 g/mol. The number of fused-ring (bicyclic) bond motifs is 1. The molecule has 4 heteroatoms. The van der Waals surface area contributed by atoms with Crippen molar-refractivity contribution in [3.63, 3.8) is 0 Å². The monoisotopic (exact) mass is 222 g/mol. The van der Waals surface area contributed by atoms with Gasteiger partial charge in [-0.1, -0.05) is 31.5 Å². The molecule has 2 aromatic rings. The van der Waals surface area contributed by atoms with Crippen LogP contribution in [0.1, 0.15) is 24.5 Å². The molecule has 0 fully saturated rings. The highest BCUT2D eigenvalue weighted by atomic mass is 35.5. The number of nitrogens with one attached hydrogen (secondary N) is 1. The smallest absolute Gasteiger partial charge is 0.200 e. The molecule has 0 aliphatic carbocycles. The molecule has 0 atom stereocenters. The predicted molar refractivity (Wildman–Crippen MR) is 60.3 cm³/mol. The Bertz CT molecular complexity index is 516.